The van der Waals surface area contributed by atoms with E-state index in [9.17, 15) is 4.79 Å². The summed E-state index contributed by atoms with van der Waals surface area (Å²) in [7, 11) is 0. The molecule has 1 aliphatic carbocycles. The van der Waals surface area contributed by atoms with Crippen molar-refractivity contribution in [1.82, 2.24) is 5.32 Å². The third-order valence-electron chi connectivity index (χ3n) is 2.95. The minimum absolute atomic E-state index is 0.0774. The Bertz CT molecular complexity index is 195. The second-order valence-corrected chi connectivity index (χ2v) is 4.84. The number of carbonyl (C=O) groups is 1. The Morgan fingerprint density at radius 3 is 2.43 bits per heavy atom. The lowest BCUT2D eigenvalue weighted by atomic mass is 9.97. The molecule has 0 aromatic heterocycles. The van der Waals surface area contributed by atoms with Crippen molar-refractivity contribution in [3.05, 3.63) is 0 Å². The zero-order valence-electron chi connectivity index (χ0n) is 9.31. The average molecular weight is 198 g/mol. The Morgan fingerprint density at radius 1 is 1.43 bits per heavy atom. The van der Waals surface area contributed by atoms with E-state index in [0.717, 1.165) is 12.8 Å². The van der Waals surface area contributed by atoms with E-state index in [4.69, 9.17) is 5.73 Å². The molecule has 1 amide bonds. The molecule has 0 aromatic carbocycles. The van der Waals surface area contributed by atoms with Gasteiger partial charge in [0.2, 0.25) is 5.91 Å². The summed E-state index contributed by atoms with van der Waals surface area (Å²) in [4.78, 5) is 11.6. The molecule has 0 heterocycles. The molecule has 14 heavy (non-hydrogen) atoms. The summed E-state index contributed by atoms with van der Waals surface area (Å²) < 4.78 is 0. The van der Waals surface area contributed by atoms with Gasteiger partial charge in [-0.05, 0) is 18.8 Å². The molecule has 3 nitrogen and oxygen atoms in total. The maximum atomic E-state index is 11.6. The lowest BCUT2D eigenvalue weighted by Gasteiger charge is -2.29. The number of hydrogen-bond donors (Lipinski definition) is 2. The zero-order valence-corrected chi connectivity index (χ0v) is 9.31. The van der Waals surface area contributed by atoms with Crippen LogP contribution in [-0.4, -0.2) is 18.0 Å². The van der Waals surface area contributed by atoms with Gasteiger partial charge in [-0.1, -0.05) is 26.7 Å². The molecule has 0 unspecified atom stereocenters. The molecule has 0 spiro atoms. The van der Waals surface area contributed by atoms with Crippen molar-refractivity contribution in [2.45, 2.75) is 51.5 Å². The maximum Gasteiger partial charge on any atom is 0.220 e. The van der Waals surface area contributed by atoms with Crippen molar-refractivity contribution in [2.24, 2.45) is 11.7 Å². The van der Waals surface area contributed by atoms with Gasteiger partial charge in [-0.25, -0.2) is 0 Å². The molecule has 3 heteroatoms. The van der Waals surface area contributed by atoms with Crippen LogP contribution in [0.2, 0.25) is 0 Å². The Balaban J connectivity index is 2.44. The average Bonchev–Trinajstić information content (AvgIpc) is 2.52. The van der Waals surface area contributed by atoms with Crippen molar-refractivity contribution < 1.29 is 4.79 Å². The van der Waals surface area contributed by atoms with E-state index >= 15 is 0 Å². The molecule has 0 atom stereocenters. The summed E-state index contributed by atoms with van der Waals surface area (Å²) in [6.07, 6.45) is 5.10. The number of hydrogen-bond acceptors (Lipinski definition) is 2. The summed E-state index contributed by atoms with van der Waals surface area (Å²) in [6, 6.07) is 0. The highest BCUT2D eigenvalue weighted by atomic mass is 16.1. The van der Waals surface area contributed by atoms with Crippen LogP contribution in [0.15, 0.2) is 0 Å². The molecule has 1 fully saturated rings. The lowest BCUT2D eigenvalue weighted by molar-refractivity contribution is -0.123. The van der Waals surface area contributed by atoms with Crippen molar-refractivity contribution in [3.8, 4) is 0 Å². The lowest BCUT2D eigenvalue weighted by Crippen LogP contribution is -2.51. The molecule has 0 radical (unpaired) electrons. The Hall–Kier alpha value is -0.570. The number of nitrogens with two attached hydrogens (primary N) is 1. The summed E-state index contributed by atoms with van der Waals surface area (Å²) in [5, 5.41) is 3.11. The molecule has 0 saturated heterocycles. The van der Waals surface area contributed by atoms with Crippen LogP contribution in [0.3, 0.4) is 0 Å². The molecule has 0 bridgehead atoms. The molecular weight excluding hydrogens is 176 g/mol. The molecule has 0 aromatic rings. The van der Waals surface area contributed by atoms with Crippen LogP contribution in [0.25, 0.3) is 0 Å². The fourth-order valence-corrected chi connectivity index (χ4v) is 2.15. The summed E-state index contributed by atoms with van der Waals surface area (Å²) in [5.41, 5.74) is 5.66. The van der Waals surface area contributed by atoms with Crippen molar-refractivity contribution in [3.63, 3.8) is 0 Å². The SMILES string of the molecule is CC(C)CC(=O)NC1(CN)CCCC1. The monoisotopic (exact) mass is 198 g/mol. The number of nitrogens with one attached hydrogen (secondary N) is 1. The van der Waals surface area contributed by atoms with E-state index in [2.05, 4.69) is 19.2 Å². The van der Waals surface area contributed by atoms with Crippen LogP contribution in [0.5, 0.6) is 0 Å². The molecule has 1 rings (SSSR count). The van der Waals surface area contributed by atoms with Gasteiger partial charge >= 0.3 is 0 Å². The first-order chi connectivity index (χ1) is 6.58. The van der Waals surface area contributed by atoms with Crippen molar-refractivity contribution >= 4 is 5.91 Å². The summed E-state index contributed by atoms with van der Waals surface area (Å²) in [5.74, 6) is 0.582. The van der Waals surface area contributed by atoms with Crippen molar-refractivity contribution in [2.75, 3.05) is 6.54 Å². The minimum atomic E-state index is -0.0774. The van der Waals surface area contributed by atoms with Gasteiger partial charge in [-0.3, -0.25) is 4.79 Å². The number of carbonyl (C=O) groups excluding carboxylic acids is 1. The van der Waals surface area contributed by atoms with E-state index in [1.807, 2.05) is 0 Å². The topological polar surface area (TPSA) is 55.1 Å². The molecule has 1 saturated carbocycles. The van der Waals surface area contributed by atoms with Crippen LogP contribution < -0.4 is 11.1 Å². The first kappa shape index (κ1) is 11.5. The molecule has 3 N–H and O–H groups in total. The molecule has 82 valence electrons. The predicted molar refractivity (Wildman–Crippen MR) is 57.9 cm³/mol. The Morgan fingerprint density at radius 2 is 2.00 bits per heavy atom. The van der Waals surface area contributed by atoms with Gasteiger partial charge in [0, 0.05) is 13.0 Å². The quantitative estimate of drug-likeness (QED) is 0.718. The number of amides is 1. The first-order valence-corrected chi connectivity index (χ1v) is 5.59. The van der Waals surface area contributed by atoms with Gasteiger partial charge in [-0.2, -0.15) is 0 Å². The van der Waals surface area contributed by atoms with Gasteiger partial charge in [0.1, 0.15) is 0 Å². The van der Waals surface area contributed by atoms with Gasteiger partial charge < -0.3 is 11.1 Å². The predicted octanol–water partition coefficient (Wildman–Crippen LogP) is 1.42. The van der Waals surface area contributed by atoms with Crippen LogP contribution in [0.1, 0.15) is 46.0 Å². The largest absolute Gasteiger partial charge is 0.349 e. The van der Waals surface area contributed by atoms with Crippen LogP contribution >= 0.6 is 0 Å². The van der Waals surface area contributed by atoms with E-state index in [1.54, 1.807) is 0 Å². The smallest absolute Gasteiger partial charge is 0.220 e. The summed E-state index contributed by atoms with van der Waals surface area (Å²) in [6.45, 7) is 4.70. The number of rotatable bonds is 4. The fourth-order valence-electron chi connectivity index (χ4n) is 2.15. The Kier molecular flexibility index (Phi) is 3.93. The highest BCUT2D eigenvalue weighted by Crippen LogP contribution is 2.28. The van der Waals surface area contributed by atoms with Crippen molar-refractivity contribution in [1.29, 1.82) is 0 Å². The second-order valence-electron chi connectivity index (χ2n) is 4.84. The molecule has 1 aliphatic rings. The van der Waals surface area contributed by atoms with E-state index in [-0.39, 0.29) is 11.4 Å². The van der Waals surface area contributed by atoms with Crippen LogP contribution in [0.4, 0.5) is 0 Å². The van der Waals surface area contributed by atoms with Gasteiger partial charge in [0.15, 0.2) is 0 Å². The van der Waals surface area contributed by atoms with Gasteiger partial charge in [0.25, 0.3) is 0 Å². The first-order valence-electron chi connectivity index (χ1n) is 5.59. The van der Waals surface area contributed by atoms with Crippen LogP contribution in [0, 0.1) is 5.92 Å². The van der Waals surface area contributed by atoms with Gasteiger partial charge in [0.05, 0.1) is 5.54 Å². The zero-order chi connectivity index (χ0) is 10.6. The van der Waals surface area contributed by atoms with Crippen LogP contribution in [-0.2, 0) is 4.79 Å². The molecule has 0 aliphatic heterocycles. The highest BCUT2D eigenvalue weighted by Gasteiger charge is 2.33. The van der Waals surface area contributed by atoms with Gasteiger partial charge in [-0.15, -0.1) is 0 Å². The maximum absolute atomic E-state index is 11.6. The third kappa shape index (κ3) is 2.98. The Labute approximate surface area is 86.4 Å². The summed E-state index contributed by atoms with van der Waals surface area (Å²) >= 11 is 0. The normalized spacial score (nSPS) is 20.0. The highest BCUT2D eigenvalue weighted by molar-refractivity contribution is 5.77. The second kappa shape index (κ2) is 4.78. The third-order valence-corrected chi connectivity index (χ3v) is 2.95. The van der Waals surface area contributed by atoms with E-state index < -0.39 is 0 Å². The minimum Gasteiger partial charge on any atom is -0.349 e. The standard InChI is InChI=1S/C11H22N2O/c1-9(2)7-10(14)13-11(8-12)5-3-4-6-11/h9H,3-8,12H2,1-2H3,(H,13,14). The van der Waals surface area contributed by atoms with E-state index in [0.29, 0.717) is 18.9 Å². The fraction of sp³-hybridized carbons (Fsp3) is 0.909. The molecular formula is C11H22N2O. The van der Waals surface area contributed by atoms with E-state index in [1.165, 1.54) is 12.8 Å².